The predicted molar refractivity (Wildman–Crippen MR) is 38.4 cm³/mol. The van der Waals surface area contributed by atoms with Crippen molar-refractivity contribution in [2.24, 2.45) is 5.41 Å². The molecule has 12 heavy (non-hydrogen) atoms. The van der Waals surface area contributed by atoms with Crippen molar-refractivity contribution in [2.75, 3.05) is 26.4 Å². The van der Waals surface area contributed by atoms with Crippen molar-refractivity contribution >= 4 is 6.29 Å². The van der Waals surface area contributed by atoms with Crippen LogP contribution < -0.4 is 0 Å². The number of aliphatic hydroxyl groups is 2. The average Bonchev–Trinajstić information content (AvgIpc) is 2.18. The third-order valence-electron chi connectivity index (χ3n) is 1.89. The largest absolute Gasteiger partial charge is 0.396 e. The third kappa shape index (κ3) is 1.81. The molecule has 1 fully saturated rings. The zero-order chi connectivity index (χ0) is 9.03. The second kappa shape index (κ2) is 3.95. The van der Waals surface area contributed by atoms with Crippen LogP contribution >= 0.6 is 0 Å². The van der Waals surface area contributed by atoms with Gasteiger partial charge in [-0.1, -0.05) is 0 Å². The lowest BCUT2D eigenvalue weighted by Crippen LogP contribution is -2.47. The van der Waals surface area contributed by atoms with Gasteiger partial charge >= 0.3 is 0 Å². The number of ether oxygens (including phenoxy) is 2. The van der Waals surface area contributed by atoms with Crippen LogP contribution in [0.2, 0.25) is 0 Å². The first-order valence-electron chi connectivity index (χ1n) is 3.66. The van der Waals surface area contributed by atoms with Gasteiger partial charge in [-0.15, -0.1) is 0 Å². The smallest absolute Gasteiger partial charge is 0.214 e. The van der Waals surface area contributed by atoms with Crippen molar-refractivity contribution in [1.29, 1.82) is 0 Å². The highest BCUT2D eigenvalue weighted by Crippen LogP contribution is 2.22. The van der Waals surface area contributed by atoms with E-state index < -0.39 is 11.7 Å². The van der Waals surface area contributed by atoms with Crippen molar-refractivity contribution in [3.63, 3.8) is 0 Å². The molecule has 0 spiro atoms. The Morgan fingerprint density at radius 2 is 1.83 bits per heavy atom. The van der Waals surface area contributed by atoms with Crippen molar-refractivity contribution in [3.8, 4) is 0 Å². The topological polar surface area (TPSA) is 76.0 Å². The molecule has 5 heteroatoms. The Hall–Kier alpha value is -0.490. The molecule has 1 saturated heterocycles. The first kappa shape index (κ1) is 9.60. The van der Waals surface area contributed by atoms with Gasteiger partial charge in [0.15, 0.2) is 6.29 Å². The summed E-state index contributed by atoms with van der Waals surface area (Å²) >= 11 is 0. The van der Waals surface area contributed by atoms with Crippen LogP contribution in [0.15, 0.2) is 0 Å². The number of hydrogen-bond acceptors (Lipinski definition) is 5. The van der Waals surface area contributed by atoms with Crippen LogP contribution in [0.3, 0.4) is 0 Å². The standard InChI is InChI=1S/C7H12O5/c8-1-6-11-4-7(2-9,3-10)5-12-6/h1,6,9-10H,2-5H2. The zero-order valence-corrected chi connectivity index (χ0v) is 6.60. The van der Waals surface area contributed by atoms with Gasteiger partial charge in [0.1, 0.15) is 0 Å². The molecule has 5 nitrogen and oxygen atoms in total. The van der Waals surface area contributed by atoms with Gasteiger partial charge < -0.3 is 19.7 Å². The lowest BCUT2D eigenvalue weighted by atomic mass is 9.92. The Kier molecular flexibility index (Phi) is 3.16. The van der Waals surface area contributed by atoms with E-state index in [0.29, 0.717) is 6.29 Å². The van der Waals surface area contributed by atoms with Crippen LogP contribution in [0.25, 0.3) is 0 Å². The fourth-order valence-electron chi connectivity index (χ4n) is 0.919. The maximum Gasteiger partial charge on any atom is 0.214 e. The number of carbonyl (C=O) groups is 1. The molecule has 70 valence electrons. The summed E-state index contributed by atoms with van der Waals surface area (Å²) in [4.78, 5) is 10.2. The normalized spacial score (nSPS) is 23.8. The summed E-state index contributed by atoms with van der Waals surface area (Å²) in [6.07, 6.45) is -0.310. The summed E-state index contributed by atoms with van der Waals surface area (Å²) in [6.45, 7) is -0.142. The number of aldehydes is 1. The molecule has 1 aliphatic rings. The number of rotatable bonds is 3. The molecular weight excluding hydrogens is 164 g/mol. The maximum absolute atomic E-state index is 10.2. The lowest BCUT2D eigenvalue weighted by molar-refractivity contribution is -0.230. The lowest BCUT2D eigenvalue weighted by Gasteiger charge is -2.35. The Labute approximate surface area is 69.9 Å². The highest BCUT2D eigenvalue weighted by molar-refractivity contribution is 5.53. The second-order valence-corrected chi connectivity index (χ2v) is 2.94. The van der Waals surface area contributed by atoms with Crippen LogP contribution in [0, 0.1) is 5.41 Å². The Bertz CT molecular complexity index is 144. The van der Waals surface area contributed by atoms with E-state index in [0.717, 1.165) is 0 Å². The van der Waals surface area contributed by atoms with E-state index in [9.17, 15) is 4.79 Å². The van der Waals surface area contributed by atoms with Crippen molar-refractivity contribution in [2.45, 2.75) is 6.29 Å². The highest BCUT2D eigenvalue weighted by atomic mass is 16.7. The predicted octanol–water partition coefficient (Wildman–Crippen LogP) is -1.47. The van der Waals surface area contributed by atoms with Gasteiger partial charge in [0.2, 0.25) is 6.29 Å². The van der Waals surface area contributed by atoms with Crippen LogP contribution in [0.4, 0.5) is 0 Å². The SMILES string of the molecule is O=CC1OCC(CO)(CO)CO1. The Balaban J connectivity index is 2.47. The molecule has 0 unspecified atom stereocenters. The van der Waals surface area contributed by atoms with E-state index in [1.807, 2.05) is 0 Å². The summed E-state index contributed by atoms with van der Waals surface area (Å²) in [5.74, 6) is 0. The molecule has 1 aliphatic heterocycles. The third-order valence-corrected chi connectivity index (χ3v) is 1.89. The molecule has 0 amide bonds. The molecule has 0 radical (unpaired) electrons. The monoisotopic (exact) mass is 176 g/mol. The van der Waals surface area contributed by atoms with Gasteiger partial charge in [0, 0.05) is 0 Å². The molecule has 0 atom stereocenters. The van der Waals surface area contributed by atoms with E-state index in [2.05, 4.69) is 0 Å². The zero-order valence-electron chi connectivity index (χ0n) is 6.60. The molecular formula is C7H12O5. The second-order valence-electron chi connectivity index (χ2n) is 2.94. The fraction of sp³-hybridized carbons (Fsp3) is 0.857. The van der Waals surface area contributed by atoms with E-state index in [-0.39, 0.29) is 26.4 Å². The Morgan fingerprint density at radius 1 is 1.33 bits per heavy atom. The van der Waals surface area contributed by atoms with Crippen molar-refractivity contribution in [1.82, 2.24) is 0 Å². The van der Waals surface area contributed by atoms with Crippen LogP contribution in [0.1, 0.15) is 0 Å². The number of hydrogen-bond donors (Lipinski definition) is 2. The van der Waals surface area contributed by atoms with Crippen molar-refractivity contribution < 1.29 is 24.5 Å². The molecule has 1 rings (SSSR count). The van der Waals surface area contributed by atoms with E-state index in [4.69, 9.17) is 19.7 Å². The summed E-state index contributed by atoms with van der Waals surface area (Å²) in [5.41, 5.74) is -0.750. The molecule has 0 aromatic rings. The Morgan fingerprint density at radius 3 is 2.17 bits per heavy atom. The first-order chi connectivity index (χ1) is 5.76. The molecule has 0 aliphatic carbocycles. The minimum atomic E-state index is -0.851. The highest BCUT2D eigenvalue weighted by Gasteiger charge is 2.35. The van der Waals surface area contributed by atoms with Gasteiger partial charge in [0.05, 0.1) is 31.8 Å². The van der Waals surface area contributed by atoms with Gasteiger partial charge in [-0.05, 0) is 0 Å². The quantitative estimate of drug-likeness (QED) is 0.513. The van der Waals surface area contributed by atoms with Gasteiger partial charge in [-0.25, -0.2) is 0 Å². The summed E-state index contributed by atoms with van der Waals surface area (Å²) in [7, 11) is 0. The summed E-state index contributed by atoms with van der Waals surface area (Å²) < 4.78 is 9.83. The van der Waals surface area contributed by atoms with Gasteiger partial charge in [-0.2, -0.15) is 0 Å². The van der Waals surface area contributed by atoms with Crippen LogP contribution in [-0.4, -0.2) is 49.2 Å². The molecule has 0 saturated carbocycles. The van der Waals surface area contributed by atoms with E-state index in [1.165, 1.54) is 0 Å². The molecule has 1 heterocycles. The van der Waals surface area contributed by atoms with Gasteiger partial charge in [-0.3, -0.25) is 4.79 Å². The number of aliphatic hydroxyl groups excluding tert-OH is 2. The minimum absolute atomic E-state index is 0.142. The summed E-state index contributed by atoms with van der Waals surface area (Å²) in [5, 5.41) is 17.8. The van der Waals surface area contributed by atoms with Crippen LogP contribution in [0.5, 0.6) is 0 Å². The fourth-order valence-corrected chi connectivity index (χ4v) is 0.919. The van der Waals surface area contributed by atoms with E-state index in [1.54, 1.807) is 0 Å². The molecule has 0 aromatic carbocycles. The molecule has 2 N–H and O–H groups in total. The number of carbonyl (C=O) groups excluding carboxylic acids is 1. The van der Waals surface area contributed by atoms with Crippen molar-refractivity contribution in [3.05, 3.63) is 0 Å². The minimum Gasteiger partial charge on any atom is -0.396 e. The summed E-state index contributed by atoms with van der Waals surface area (Å²) in [6, 6.07) is 0. The molecule has 0 aromatic heterocycles. The van der Waals surface area contributed by atoms with Crippen LogP contribution in [-0.2, 0) is 14.3 Å². The molecule has 0 bridgehead atoms. The average molecular weight is 176 g/mol. The van der Waals surface area contributed by atoms with Gasteiger partial charge in [0.25, 0.3) is 0 Å². The maximum atomic E-state index is 10.2. The first-order valence-corrected chi connectivity index (χ1v) is 3.66. The van der Waals surface area contributed by atoms with E-state index >= 15 is 0 Å².